The zero-order valence-electron chi connectivity index (χ0n) is 17.1. The highest BCUT2D eigenvalue weighted by Crippen LogP contribution is 2.36. The highest BCUT2D eigenvalue weighted by Gasteiger charge is 2.23. The molecule has 2 aliphatic rings. The summed E-state index contributed by atoms with van der Waals surface area (Å²) < 4.78 is 38.9. The molecule has 4 heteroatoms. The molecule has 2 unspecified atom stereocenters. The Labute approximate surface area is 176 Å². The third-order valence-corrected chi connectivity index (χ3v) is 5.66. The van der Waals surface area contributed by atoms with E-state index in [1.807, 2.05) is 36.4 Å². The third-order valence-electron chi connectivity index (χ3n) is 5.66. The van der Waals surface area contributed by atoms with Gasteiger partial charge in [-0.05, 0) is 48.8 Å². The molecule has 0 aromatic heterocycles. The van der Waals surface area contributed by atoms with Crippen LogP contribution in [0.3, 0.4) is 0 Å². The minimum atomic E-state index is -0.552. The van der Waals surface area contributed by atoms with Crippen molar-refractivity contribution in [3.05, 3.63) is 89.5 Å². The first-order valence-corrected chi connectivity index (χ1v) is 10.4. The molecule has 0 heterocycles. The number of hydrogen-bond acceptors (Lipinski definition) is 2. The van der Waals surface area contributed by atoms with E-state index < -0.39 is 11.6 Å². The third kappa shape index (κ3) is 4.99. The second-order valence-electron chi connectivity index (χ2n) is 7.94. The van der Waals surface area contributed by atoms with Crippen LogP contribution in [0.2, 0.25) is 0 Å². The van der Waals surface area contributed by atoms with E-state index in [-0.39, 0.29) is 11.8 Å². The van der Waals surface area contributed by atoms with E-state index in [0.29, 0.717) is 24.5 Å². The quantitative estimate of drug-likeness (QED) is 0.505. The van der Waals surface area contributed by atoms with Crippen molar-refractivity contribution in [1.82, 2.24) is 0 Å². The highest BCUT2D eigenvalue weighted by atomic mass is 19.1. The summed E-state index contributed by atoms with van der Waals surface area (Å²) in [6.07, 6.45) is 15.3. The average Bonchev–Trinajstić information content (AvgIpc) is 3.58. The van der Waals surface area contributed by atoms with Gasteiger partial charge < -0.3 is 9.47 Å². The van der Waals surface area contributed by atoms with Crippen LogP contribution >= 0.6 is 0 Å². The van der Waals surface area contributed by atoms with Crippen LogP contribution in [0.25, 0.3) is 6.08 Å². The summed E-state index contributed by atoms with van der Waals surface area (Å²) in [4.78, 5) is 0. The van der Waals surface area contributed by atoms with E-state index in [1.165, 1.54) is 25.0 Å². The van der Waals surface area contributed by atoms with Crippen LogP contribution in [0.15, 0.2) is 66.8 Å². The van der Waals surface area contributed by atoms with E-state index in [2.05, 4.69) is 18.2 Å². The molecule has 2 aromatic rings. The first-order valence-electron chi connectivity index (χ1n) is 10.4. The largest absolute Gasteiger partial charge is 0.493 e. The highest BCUT2D eigenvalue weighted by molar-refractivity contribution is 5.62. The molecule has 30 heavy (non-hydrogen) atoms. The molecule has 0 radical (unpaired) electrons. The fourth-order valence-corrected chi connectivity index (χ4v) is 3.70. The summed E-state index contributed by atoms with van der Waals surface area (Å²) in [5, 5.41) is 0. The Balaban J connectivity index is 1.53. The van der Waals surface area contributed by atoms with Crippen LogP contribution in [0.4, 0.5) is 8.78 Å². The fourth-order valence-electron chi connectivity index (χ4n) is 3.70. The number of methoxy groups -OCH3 is 1. The standard InChI is InChI=1S/C26H26F2O2/c1-29-25-8-4-7-20(26(25)30-17-18-9-10-18)12-11-19-5-2-3-6-21(19)15-22-13-14-23(27)16-24(22)28/h2-8,11-14,16,18-19,21H,9-10,15,17H2,1H3/b12-11+. The molecule has 1 fully saturated rings. The van der Waals surface area contributed by atoms with Crippen LogP contribution in [-0.2, 0) is 6.42 Å². The second kappa shape index (κ2) is 9.29. The van der Waals surface area contributed by atoms with Crippen molar-refractivity contribution >= 4 is 6.08 Å². The van der Waals surface area contributed by atoms with Crippen molar-refractivity contribution in [2.75, 3.05) is 13.7 Å². The van der Waals surface area contributed by atoms with Crippen LogP contribution in [0, 0.1) is 29.4 Å². The number of ether oxygens (including phenoxy) is 2. The lowest BCUT2D eigenvalue weighted by molar-refractivity contribution is 0.280. The molecule has 156 valence electrons. The van der Waals surface area contributed by atoms with E-state index in [1.54, 1.807) is 7.11 Å². The van der Waals surface area contributed by atoms with Crippen LogP contribution < -0.4 is 9.47 Å². The molecule has 1 saturated carbocycles. The topological polar surface area (TPSA) is 18.5 Å². The van der Waals surface area contributed by atoms with E-state index in [0.717, 1.165) is 23.1 Å². The molecule has 0 N–H and O–H groups in total. The van der Waals surface area contributed by atoms with Gasteiger partial charge in [0.05, 0.1) is 13.7 Å². The molecule has 0 amide bonds. The van der Waals surface area contributed by atoms with Gasteiger partial charge in [-0.15, -0.1) is 0 Å². The lowest BCUT2D eigenvalue weighted by atomic mass is 9.83. The Hall–Kier alpha value is -2.88. The zero-order valence-corrected chi connectivity index (χ0v) is 17.1. The first-order chi connectivity index (χ1) is 14.6. The minimum Gasteiger partial charge on any atom is -0.493 e. The predicted octanol–water partition coefficient (Wildman–Crippen LogP) is 6.38. The molecule has 2 aromatic carbocycles. The van der Waals surface area contributed by atoms with Gasteiger partial charge in [0.2, 0.25) is 0 Å². The number of allylic oxidation sites excluding steroid dienone is 5. The molecular weight excluding hydrogens is 382 g/mol. The maximum Gasteiger partial charge on any atom is 0.168 e. The molecular formula is C26H26F2O2. The molecule has 0 saturated heterocycles. The Bertz CT molecular complexity index is 973. The first kappa shape index (κ1) is 20.4. The van der Waals surface area contributed by atoms with Crippen molar-refractivity contribution in [3.8, 4) is 11.5 Å². The van der Waals surface area contributed by atoms with Gasteiger partial charge in [0, 0.05) is 17.5 Å². The molecule has 2 aliphatic carbocycles. The summed E-state index contributed by atoms with van der Waals surface area (Å²) in [5.74, 6) is 1.27. The number of rotatable bonds is 8. The molecule has 2 atom stereocenters. The van der Waals surface area contributed by atoms with Gasteiger partial charge in [-0.3, -0.25) is 0 Å². The van der Waals surface area contributed by atoms with Crippen LogP contribution in [0.1, 0.15) is 24.0 Å². The van der Waals surface area contributed by atoms with Crippen molar-refractivity contribution < 1.29 is 18.3 Å². The van der Waals surface area contributed by atoms with Gasteiger partial charge in [0.25, 0.3) is 0 Å². The van der Waals surface area contributed by atoms with Crippen LogP contribution in [0.5, 0.6) is 11.5 Å². The SMILES string of the molecule is COc1cccc(/C=C/C2C=CC=CC2Cc2ccc(F)cc2F)c1OCC1CC1. The molecule has 0 bridgehead atoms. The lowest BCUT2D eigenvalue weighted by Crippen LogP contribution is -2.14. The van der Waals surface area contributed by atoms with Crippen molar-refractivity contribution in [1.29, 1.82) is 0 Å². The second-order valence-corrected chi connectivity index (χ2v) is 7.94. The maximum atomic E-state index is 14.1. The summed E-state index contributed by atoms with van der Waals surface area (Å²) in [6, 6.07) is 9.66. The lowest BCUT2D eigenvalue weighted by Gasteiger charge is -2.22. The Morgan fingerprint density at radius 3 is 2.67 bits per heavy atom. The summed E-state index contributed by atoms with van der Waals surface area (Å²) in [7, 11) is 1.65. The van der Waals surface area contributed by atoms with E-state index >= 15 is 0 Å². The molecule has 4 rings (SSSR count). The van der Waals surface area contributed by atoms with E-state index in [9.17, 15) is 8.78 Å². The average molecular weight is 408 g/mol. The molecule has 2 nitrogen and oxygen atoms in total. The maximum absolute atomic E-state index is 14.1. The monoisotopic (exact) mass is 408 g/mol. The smallest absolute Gasteiger partial charge is 0.168 e. The zero-order chi connectivity index (χ0) is 20.9. The number of halogens is 2. The fraction of sp³-hybridized carbons (Fsp3) is 0.308. The van der Waals surface area contributed by atoms with E-state index in [4.69, 9.17) is 9.47 Å². The Morgan fingerprint density at radius 2 is 1.90 bits per heavy atom. The number of hydrogen-bond donors (Lipinski definition) is 0. The molecule has 0 aliphatic heterocycles. The Kier molecular flexibility index (Phi) is 6.32. The molecule has 0 spiro atoms. The Morgan fingerprint density at radius 1 is 1.07 bits per heavy atom. The predicted molar refractivity (Wildman–Crippen MR) is 116 cm³/mol. The van der Waals surface area contributed by atoms with Gasteiger partial charge in [-0.25, -0.2) is 8.78 Å². The van der Waals surface area contributed by atoms with Gasteiger partial charge in [-0.1, -0.05) is 54.7 Å². The van der Waals surface area contributed by atoms with Crippen LogP contribution in [-0.4, -0.2) is 13.7 Å². The minimum absolute atomic E-state index is 0.0904. The summed E-state index contributed by atoms with van der Waals surface area (Å²) >= 11 is 0. The summed E-state index contributed by atoms with van der Waals surface area (Å²) in [5.41, 5.74) is 1.49. The number of para-hydroxylation sites is 1. The van der Waals surface area contributed by atoms with Crippen molar-refractivity contribution in [3.63, 3.8) is 0 Å². The van der Waals surface area contributed by atoms with Gasteiger partial charge >= 0.3 is 0 Å². The normalized spacial score (nSPS) is 20.6. The summed E-state index contributed by atoms with van der Waals surface area (Å²) in [6.45, 7) is 0.708. The van der Waals surface area contributed by atoms with Crippen molar-refractivity contribution in [2.24, 2.45) is 17.8 Å². The van der Waals surface area contributed by atoms with Gasteiger partial charge in [0.15, 0.2) is 11.5 Å². The van der Waals surface area contributed by atoms with Gasteiger partial charge in [0.1, 0.15) is 11.6 Å². The van der Waals surface area contributed by atoms with Gasteiger partial charge in [-0.2, -0.15) is 0 Å². The number of benzene rings is 2. The van der Waals surface area contributed by atoms with Crippen molar-refractivity contribution in [2.45, 2.75) is 19.3 Å².